The summed E-state index contributed by atoms with van der Waals surface area (Å²) in [5.74, 6) is -6.05. The Balaban J connectivity index is 1.80. The molecule has 3 aromatic heterocycles. The number of nitrogens with two attached hydrogens (primary N) is 2. The monoisotopic (exact) mass is 486 g/mol. The SMILES string of the molecule is CCC1(C(N)=O)c2c(N)nc(-c3nn(CCC(F)(F)C(F)(F)F)c4ncccc34)nc2NC1O. The van der Waals surface area contributed by atoms with E-state index in [1.165, 1.54) is 18.3 Å². The molecule has 0 aromatic carbocycles. The van der Waals surface area contributed by atoms with Crippen LogP contribution in [0.25, 0.3) is 22.6 Å². The minimum Gasteiger partial charge on any atom is -0.383 e. The normalized spacial score (nSPS) is 20.4. The van der Waals surface area contributed by atoms with Gasteiger partial charge < -0.3 is 21.9 Å². The number of aliphatic hydroxyl groups is 1. The second-order valence-electron chi connectivity index (χ2n) is 7.79. The van der Waals surface area contributed by atoms with Gasteiger partial charge in [-0.25, -0.2) is 19.6 Å². The molecule has 0 fully saturated rings. The molecule has 182 valence electrons. The molecule has 2 atom stereocenters. The number of hydrogen-bond donors (Lipinski definition) is 4. The number of halogens is 5. The number of fused-ring (bicyclic) bond motifs is 2. The molecule has 0 saturated heterocycles. The average molecular weight is 486 g/mol. The van der Waals surface area contributed by atoms with Gasteiger partial charge in [-0.3, -0.25) is 4.79 Å². The maximum atomic E-state index is 13.5. The molecule has 2 unspecified atom stereocenters. The molecule has 1 aliphatic heterocycles. The summed E-state index contributed by atoms with van der Waals surface area (Å²) in [5.41, 5.74) is 10.2. The number of alkyl halides is 5. The average Bonchev–Trinajstić information content (AvgIpc) is 3.26. The van der Waals surface area contributed by atoms with E-state index in [2.05, 4.69) is 25.4 Å². The van der Waals surface area contributed by atoms with Crippen LogP contribution in [0.3, 0.4) is 0 Å². The molecule has 6 N–H and O–H groups in total. The van der Waals surface area contributed by atoms with Gasteiger partial charge in [0.15, 0.2) is 11.5 Å². The first kappa shape index (κ1) is 23.5. The smallest absolute Gasteiger partial charge is 0.383 e. The predicted molar refractivity (Wildman–Crippen MR) is 109 cm³/mol. The number of aliphatic hydroxyl groups excluding tert-OH is 1. The van der Waals surface area contributed by atoms with E-state index in [9.17, 15) is 31.9 Å². The second kappa shape index (κ2) is 7.72. The number of primary amides is 1. The van der Waals surface area contributed by atoms with Crippen molar-refractivity contribution in [1.82, 2.24) is 24.7 Å². The lowest BCUT2D eigenvalue weighted by Gasteiger charge is -2.27. The molecule has 34 heavy (non-hydrogen) atoms. The summed E-state index contributed by atoms with van der Waals surface area (Å²) >= 11 is 0. The van der Waals surface area contributed by atoms with Crippen LogP contribution in [-0.2, 0) is 16.8 Å². The third-order valence-electron chi connectivity index (χ3n) is 5.89. The zero-order chi connectivity index (χ0) is 25.1. The summed E-state index contributed by atoms with van der Waals surface area (Å²) in [7, 11) is 0. The van der Waals surface area contributed by atoms with E-state index in [4.69, 9.17) is 11.5 Å². The van der Waals surface area contributed by atoms with Gasteiger partial charge in [-0.15, -0.1) is 0 Å². The largest absolute Gasteiger partial charge is 0.453 e. The molecule has 10 nitrogen and oxygen atoms in total. The van der Waals surface area contributed by atoms with Gasteiger partial charge in [0.05, 0.1) is 10.9 Å². The van der Waals surface area contributed by atoms with E-state index < -0.39 is 42.6 Å². The van der Waals surface area contributed by atoms with Gasteiger partial charge in [-0.05, 0) is 18.6 Å². The lowest BCUT2D eigenvalue weighted by Crippen LogP contribution is -2.49. The molecule has 15 heteroatoms. The van der Waals surface area contributed by atoms with Gasteiger partial charge >= 0.3 is 12.1 Å². The lowest BCUT2D eigenvalue weighted by molar-refractivity contribution is -0.285. The number of aryl methyl sites for hydroxylation is 1. The van der Waals surface area contributed by atoms with Crippen molar-refractivity contribution in [1.29, 1.82) is 0 Å². The van der Waals surface area contributed by atoms with Gasteiger partial charge in [0.2, 0.25) is 5.91 Å². The fraction of sp³-hybridized carbons (Fsp3) is 0.421. The van der Waals surface area contributed by atoms with Crippen LogP contribution in [0.15, 0.2) is 18.3 Å². The number of carbonyl (C=O) groups excluding carboxylic acids is 1. The number of anilines is 2. The van der Waals surface area contributed by atoms with E-state index in [1.807, 2.05) is 0 Å². The van der Waals surface area contributed by atoms with Crippen LogP contribution >= 0.6 is 0 Å². The van der Waals surface area contributed by atoms with E-state index in [1.54, 1.807) is 6.92 Å². The van der Waals surface area contributed by atoms with Crippen LogP contribution in [0, 0.1) is 0 Å². The Morgan fingerprint density at radius 2 is 2.00 bits per heavy atom. The van der Waals surface area contributed by atoms with E-state index in [-0.39, 0.29) is 46.2 Å². The van der Waals surface area contributed by atoms with Crippen LogP contribution in [0.5, 0.6) is 0 Å². The van der Waals surface area contributed by atoms with Gasteiger partial charge in [0.25, 0.3) is 0 Å². The van der Waals surface area contributed by atoms with Crippen LogP contribution in [0.2, 0.25) is 0 Å². The number of pyridine rings is 1. The second-order valence-corrected chi connectivity index (χ2v) is 7.79. The van der Waals surface area contributed by atoms with Crippen LogP contribution in [0.1, 0.15) is 25.3 Å². The van der Waals surface area contributed by atoms with Gasteiger partial charge in [-0.2, -0.15) is 27.1 Å². The topological polar surface area (TPSA) is 158 Å². The summed E-state index contributed by atoms with van der Waals surface area (Å²) in [5, 5.41) is 17.5. The highest BCUT2D eigenvalue weighted by Gasteiger charge is 2.57. The maximum Gasteiger partial charge on any atom is 0.453 e. The first-order valence-corrected chi connectivity index (χ1v) is 10.0. The van der Waals surface area contributed by atoms with Crippen LogP contribution in [-0.4, -0.2) is 54.1 Å². The number of aromatic nitrogens is 5. The molecular weight excluding hydrogens is 467 g/mol. The highest BCUT2D eigenvalue weighted by atomic mass is 19.4. The van der Waals surface area contributed by atoms with E-state index in [0.29, 0.717) is 0 Å². The zero-order valence-corrected chi connectivity index (χ0v) is 17.6. The fourth-order valence-electron chi connectivity index (χ4n) is 4.04. The van der Waals surface area contributed by atoms with Crippen molar-refractivity contribution in [3.63, 3.8) is 0 Å². The highest BCUT2D eigenvalue weighted by Crippen LogP contribution is 2.45. The Kier molecular flexibility index (Phi) is 5.34. The molecule has 4 heterocycles. The summed E-state index contributed by atoms with van der Waals surface area (Å²) in [6, 6.07) is 3.02. The highest BCUT2D eigenvalue weighted by molar-refractivity contribution is 5.95. The minimum atomic E-state index is -5.71. The molecular formula is C19H19F5N8O2. The van der Waals surface area contributed by atoms with Crippen LogP contribution in [0.4, 0.5) is 33.6 Å². The van der Waals surface area contributed by atoms with Gasteiger partial charge in [0, 0.05) is 19.2 Å². The maximum absolute atomic E-state index is 13.5. The number of carbonyl (C=O) groups is 1. The van der Waals surface area contributed by atoms with Crippen molar-refractivity contribution < 1.29 is 31.9 Å². The first-order chi connectivity index (χ1) is 15.8. The summed E-state index contributed by atoms with van der Waals surface area (Å²) in [4.78, 5) is 24.6. The molecule has 3 aromatic rings. The van der Waals surface area contributed by atoms with Crippen molar-refractivity contribution in [3.8, 4) is 11.5 Å². The zero-order valence-electron chi connectivity index (χ0n) is 17.6. The number of rotatable bonds is 6. The molecule has 0 bridgehead atoms. The van der Waals surface area contributed by atoms with E-state index in [0.717, 1.165) is 4.68 Å². The lowest BCUT2D eigenvalue weighted by atomic mass is 9.78. The number of nitrogens with one attached hydrogen (secondary N) is 1. The molecule has 0 aliphatic carbocycles. The Labute approximate surface area is 188 Å². The van der Waals surface area contributed by atoms with Crippen molar-refractivity contribution in [2.45, 2.75) is 50.1 Å². The van der Waals surface area contributed by atoms with Gasteiger partial charge in [0.1, 0.15) is 29.0 Å². The Bertz CT molecular complexity index is 1280. The number of hydrogen-bond acceptors (Lipinski definition) is 8. The molecule has 4 rings (SSSR count). The van der Waals surface area contributed by atoms with E-state index >= 15 is 0 Å². The van der Waals surface area contributed by atoms with Crippen LogP contribution < -0.4 is 16.8 Å². The Morgan fingerprint density at radius 1 is 1.29 bits per heavy atom. The first-order valence-electron chi connectivity index (χ1n) is 10.0. The molecule has 0 radical (unpaired) electrons. The fourth-order valence-corrected chi connectivity index (χ4v) is 4.04. The predicted octanol–water partition coefficient (Wildman–Crippen LogP) is 1.94. The minimum absolute atomic E-state index is 0.0114. The molecule has 1 amide bonds. The summed E-state index contributed by atoms with van der Waals surface area (Å²) < 4.78 is 65.6. The van der Waals surface area contributed by atoms with Crippen molar-refractivity contribution in [2.24, 2.45) is 5.73 Å². The Morgan fingerprint density at radius 3 is 2.62 bits per heavy atom. The number of amides is 1. The quantitative estimate of drug-likeness (QED) is 0.385. The third kappa shape index (κ3) is 3.38. The summed E-state index contributed by atoms with van der Waals surface area (Å²) in [6.07, 6.45) is -7.28. The van der Waals surface area contributed by atoms with Crippen molar-refractivity contribution >= 4 is 28.6 Å². The Hall–Kier alpha value is -3.62. The van der Waals surface area contributed by atoms with Crippen molar-refractivity contribution in [2.75, 3.05) is 11.1 Å². The third-order valence-corrected chi connectivity index (χ3v) is 5.89. The standard InChI is InChI=1S/C19H19F5N8O2/c1-2-17(15(26)33)9-11(25)28-13(29-12(9)30-16(17)34)10-8-4-3-6-27-14(8)32(31-10)7-5-18(20,21)19(22,23)24/h3-4,6,16,34H,2,5,7H2,1H3,(H2,26,33)(H3,25,28,29,30). The number of nitrogen functional groups attached to an aromatic ring is 1. The molecule has 0 saturated carbocycles. The number of nitrogens with zero attached hydrogens (tertiary/aromatic N) is 5. The molecule has 0 spiro atoms. The molecule has 1 aliphatic rings. The summed E-state index contributed by atoms with van der Waals surface area (Å²) in [6.45, 7) is 0.827. The van der Waals surface area contributed by atoms with Crippen molar-refractivity contribution in [3.05, 3.63) is 23.9 Å². The van der Waals surface area contributed by atoms with Gasteiger partial charge in [-0.1, -0.05) is 6.92 Å².